The third-order valence-corrected chi connectivity index (χ3v) is 7.58. The lowest BCUT2D eigenvalue weighted by molar-refractivity contribution is 0.544. The minimum absolute atomic E-state index is 0.0859. The molecule has 0 spiro atoms. The van der Waals surface area contributed by atoms with Gasteiger partial charge in [-0.3, -0.25) is 14.2 Å². The van der Waals surface area contributed by atoms with E-state index in [1.165, 1.54) is 46.9 Å². The summed E-state index contributed by atoms with van der Waals surface area (Å²) in [5.74, 6) is 0.944. The second kappa shape index (κ2) is 8.47. The van der Waals surface area contributed by atoms with Crippen LogP contribution in [0.1, 0.15) is 38.2 Å². The van der Waals surface area contributed by atoms with Crippen LogP contribution in [-0.4, -0.2) is 29.7 Å². The highest BCUT2D eigenvalue weighted by Gasteiger charge is 2.24. The zero-order valence-electron chi connectivity index (χ0n) is 17.0. The van der Waals surface area contributed by atoms with Crippen LogP contribution in [0.15, 0.2) is 64.5 Å². The molecule has 158 valence electrons. The maximum absolute atomic E-state index is 13.1. The first kappa shape index (κ1) is 20.4. The van der Waals surface area contributed by atoms with Crippen molar-refractivity contribution in [2.24, 2.45) is 5.92 Å². The highest BCUT2D eigenvalue weighted by atomic mass is 32.2. The number of rotatable bonds is 7. The number of hydrogen-bond acceptors (Lipinski definition) is 4. The standard InChI is InChI=1S/C22H26N4O3S/c1-2-25(19-10-4-3-5-11-19)30(28,29)20-12-13-21(23-16-20)26-22(27)18(15-24-26)14-17-8-6-7-9-17/h3-5,10-13,15-17,24H,2,6-9,14H2,1H3. The molecule has 0 unspecified atom stereocenters. The number of para-hydroxylation sites is 1. The number of H-pyrrole nitrogens is 1. The predicted molar refractivity (Wildman–Crippen MR) is 116 cm³/mol. The lowest BCUT2D eigenvalue weighted by atomic mass is 10.0. The quantitative estimate of drug-likeness (QED) is 0.626. The van der Waals surface area contributed by atoms with Crippen LogP contribution in [0.2, 0.25) is 0 Å². The molecule has 0 bridgehead atoms. The van der Waals surface area contributed by atoms with Gasteiger partial charge in [-0.15, -0.1) is 0 Å². The van der Waals surface area contributed by atoms with Gasteiger partial charge < -0.3 is 0 Å². The number of nitrogens with one attached hydrogen (secondary N) is 1. The number of sulfonamides is 1. The van der Waals surface area contributed by atoms with Crippen molar-refractivity contribution in [2.45, 2.75) is 43.9 Å². The Hall–Kier alpha value is -2.87. The third kappa shape index (κ3) is 3.92. The summed E-state index contributed by atoms with van der Waals surface area (Å²) in [6.45, 7) is 2.09. The highest BCUT2D eigenvalue weighted by molar-refractivity contribution is 7.92. The van der Waals surface area contributed by atoms with E-state index in [4.69, 9.17) is 0 Å². The van der Waals surface area contributed by atoms with Crippen molar-refractivity contribution in [2.75, 3.05) is 10.8 Å². The van der Waals surface area contributed by atoms with Crippen LogP contribution in [0.25, 0.3) is 5.82 Å². The van der Waals surface area contributed by atoms with Gasteiger partial charge in [0.05, 0.1) is 5.69 Å². The van der Waals surface area contributed by atoms with Gasteiger partial charge in [-0.05, 0) is 43.5 Å². The molecule has 1 saturated carbocycles. The van der Waals surface area contributed by atoms with Gasteiger partial charge in [0.15, 0.2) is 5.82 Å². The molecule has 30 heavy (non-hydrogen) atoms. The molecule has 1 aromatic carbocycles. The Morgan fingerprint density at radius 1 is 1.13 bits per heavy atom. The van der Waals surface area contributed by atoms with Crippen LogP contribution in [0, 0.1) is 5.92 Å². The molecule has 0 amide bonds. The van der Waals surface area contributed by atoms with Crippen LogP contribution in [0.3, 0.4) is 0 Å². The average molecular weight is 427 g/mol. The number of aromatic amines is 1. The Kier molecular flexibility index (Phi) is 5.76. The van der Waals surface area contributed by atoms with E-state index >= 15 is 0 Å². The fourth-order valence-corrected chi connectivity index (χ4v) is 5.54. The Morgan fingerprint density at radius 2 is 1.87 bits per heavy atom. The van der Waals surface area contributed by atoms with E-state index in [0.29, 0.717) is 24.0 Å². The predicted octanol–water partition coefficient (Wildman–Crippen LogP) is 3.51. The molecular weight excluding hydrogens is 400 g/mol. The zero-order valence-corrected chi connectivity index (χ0v) is 17.8. The molecule has 0 radical (unpaired) electrons. The first-order valence-electron chi connectivity index (χ1n) is 10.3. The number of nitrogens with zero attached hydrogens (tertiary/aromatic N) is 3. The number of pyridine rings is 1. The fourth-order valence-electron chi connectivity index (χ4n) is 4.12. The van der Waals surface area contributed by atoms with Crippen molar-refractivity contribution in [1.29, 1.82) is 0 Å². The first-order chi connectivity index (χ1) is 14.5. The van der Waals surface area contributed by atoms with E-state index in [-0.39, 0.29) is 10.5 Å². The van der Waals surface area contributed by atoms with Crippen LogP contribution < -0.4 is 9.86 Å². The van der Waals surface area contributed by atoms with E-state index in [9.17, 15) is 13.2 Å². The SMILES string of the molecule is CCN(c1ccccc1)S(=O)(=O)c1ccc(-n2[nH]cc(CC3CCCC3)c2=O)nc1. The molecule has 1 aliphatic carbocycles. The van der Waals surface area contributed by atoms with E-state index < -0.39 is 10.0 Å². The van der Waals surface area contributed by atoms with E-state index in [2.05, 4.69) is 10.1 Å². The smallest absolute Gasteiger partial charge is 0.275 e. The van der Waals surface area contributed by atoms with Crippen LogP contribution in [0.5, 0.6) is 0 Å². The molecule has 0 atom stereocenters. The summed E-state index contributed by atoms with van der Waals surface area (Å²) in [7, 11) is -3.75. The summed E-state index contributed by atoms with van der Waals surface area (Å²) >= 11 is 0. The molecule has 1 N–H and O–H groups in total. The van der Waals surface area contributed by atoms with E-state index in [1.54, 1.807) is 43.5 Å². The average Bonchev–Trinajstić information content (AvgIpc) is 3.40. The largest absolute Gasteiger partial charge is 0.297 e. The summed E-state index contributed by atoms with van der Waals surface area (Å²) in [6.07, 6.45) is 8.63. The first-order valence-corrected chi connectivity index (χ1v) is 11.8. The van der Waals surface area contributed by atoms with Crippen molar-refractivity contribution in [3.05, 3.63) is 70.8 Å². The maximum Gasteiger partial charge on any atom is 0.275 e. The minimum Gasteiger partial charge on any atom is -0.297 e. The monoisotopic (exact) mass is 426 g/mol. The summed E-state index contributed by atoms with van der Waals surface area (Å²) < 4.78 is 28.9. The summed E-state index contributed by atoms with van der Waals surface area (Å²) in [5.41, 5.74) is 1.23. The number of anilines is 1. The van der Waals surface area contributed by atoms with Crippen LogP contribution in [0.4, 0.5) is 5.69 Å². The topological polar surface area (TPSA) is 88.1 Å². The Labute approximate surface area is 176 Å². The molecule has 7 nitrogen and oxygen atoms in total. The Bertz CT molecular complexity index is 1150. The molecule has 8 heteroatoms. The highest BCUT2D eigenvalue weighted by Crippen LogP contribution is 2.27. The van der Waals surface area contributed by atoms with Gasteiger partial charge in [0.1, 0.15) is 4.90 Å². The van der Waals surface area contributed by atoms with Gasteiger partial charge in [0.2, 0.25) is 0 Å². The molecule has 0 aliphatic heterocycles. The molecule has 2 aromatic heterocycles. The van der Waals surface area contributed by atoms with Crippen molar-refractivity contribution < 1.29 is 8.42 Å². The Balaban J connectivity index is 1.58. The lowest BCUT2D eigenvalue weighted by Crippen LogP contribution is -2.31. The third-order valence-electron chi connectivity index (χ3n) is 5.70. The van der Waals surface area contributed by atoms with Gasteiger partial charge in [0.25, 0.3) is 15.6 Å². The maximum atomic E-state index is 13.1. The van der Waals surface area contributed by atoms with Crippen LogP contribution in [-0.2, 0) is 16.4 Å². The fraction of sp³-hybridized carbons (Fsp3) is 0.364. The minimum atomic E-state index is -3.75. The van der Waals surface area contributed by atoms with Crippen molar-refractivity contribution in [3.8, 4) is 5.82 Å². The molecular formula is C22H26N4O3S. The Morgan fingerprint density at radius 3 is 2.50 bits per heavy atom. The van der Waals surface area contributed by atoms with Gasteiger partial charge in [-0.25, -0.2) is 18.1 Å². The normalized spacial score (nSPS) is 14.8. The van der Waals surface area contributed by atoms with Gasteiger partial charge in [-0.2, -0.15) is 0 Å². The van der Waals surface area contributed by atoms with Crippen molar-refractivity contribution in [1.82, 2.24) is 14.8 Å². The lowest BCUT2D eigenvalue weighted by Gasteiger charge is -2.22. The second-order valence-electron chi connectivity index (χ2n) is 7.65. The van der Waals surface area contributed by atoms with Gasteiger partial charge in [-0.1, -0.05) is 43.9 Å². The summed E-state index contributed by atoms with van der Waals surface area (Å²) in [5, 5.41) is 2.96. The van der Waals surface area contributed by atoms with Gasteiger partial charge in [0, 0.05) is 24.5 Å². The van der Waals surface area contributed by atoms with Gasteiger partial charge >= 0.3 is 0 Å². The summed E-state index contributed by atoms with van der Waals surface area (Å²) in [4.78, 5) is 17.1. The molecule has 2 heterocycles. The van der Waals surface area contributed by atoms with E-state index in [1.807, 2.05) is 6.07 Å². The number of benzene rings is 1. The molecule has 1 fully saturated rings. The van der Waals surface area contributed by atoms with E-state index in [0.717, 1.165) is 12.0 Å². The van der Waals surface area contributed by atoms with Crippen molar-refractivity contribution >= 4 is 15.7 Å². The summed E-state index contributed by atoms with van der Waals surface area (Å²) in [6, 6.07) is 12.0. The second-order valence-corrected chi connectivity index (χ2v) is 9.51. The molecule has 0 saturated heterocycles. The van der Waals surface area contributed by atoms with Crippen molar-refractivity contribution in [3.63, 3.8) is 0 Å². The molecule has 3 aromatic rings. The molecule has 1 aliphatic rings. The number of aromatic nitrogens is 3. The molecule has 4 rings (SSSR count). The number of hydrogen-bond donors (Lipinski definition) is 1. The zero-order chi connectivity index (χ0) is 21.1. The van der Waals surface area contributed by atoms with Crippen LogP contribution >= 0.6 is 0 Å².